The van der Waals surface area contributed by atoms with Gasteiger partial charge in [-0.2, -0.15) is 0 Å². The van der Waals surface area contributed by atoms with Crippen LogP contribution in [0.4, 0.5) is 8.78 Å². The van der Waals surface area contributed by atoms with Crippen LogP contribution in [-0.2, 0) is 15.6 Å². The summed E-state index contributed by atoms with van der Waals surface area (Å²) in [7, 11) is 0. The maximum absolute atomic E-state index is 13.6. The highest BCUT2D eigenvalue weighted by Gasteiger charge is 2.30. The van der Waals surface area contributed by atoms with E-state index < -0.39 is 0 Å². The van der Waals surface area contributed by atoms with Crippen LogP contribution in [-0.4, -0.2) is 13.2 Å². The Bertz CT molecular complexity index is 730. The van der Waals surface area contributed by atoms with Crippen LogP contribution >= 0.6 is 31.9 Å². The van der Waals surface area contributed by atoms with E-state index in [0.717, 1.165) is 24.0 Å². The smallest absolute Gasteiger partial charge is 0.137 e. The van der Waals surface area contributed by atoms with Crippen molar-refractivity contribution in [1.82, 2.24) is 0 Å². The van der Waals surface area contributed by atoms with Crippen molar-refractivity contribution >= 4 is 31.9 Å². The molecule has 0 bridgehead atoms. The number of benzene rings is 2. The van der Waals surface area contributed by atoms with E-state index in [1.54, 1.807) is 0 Å². The van der Waals surface area contributed by atoms with Gasteiger partial charge in [-0.15, -0.1) is 0 Å². The van der Waals surface area contributed by atoms with Gasteiger partial charge >= 0.3 is 0 Å². The maximum Gasteiger partial charge on any atom is 0.137 e. The summed E-state index contributed by atoms with van der Waals surface area (Å²) < 4.78 is 34.3. The molecule has 2 aromatic rings. The molecule has 0 heterocycles. The minimum absolute atomic E-state index is 0.214. The van der Waals surface area contributed by atoms with Crippen molar-refractivity contribution in [1.29, 1.82) is 0 Å². The Hall–Kier alpha value is -0.780. The van der Waals surface area contributed by atoms with E-state index in [9.17, 15) is 8.78 Å². The van der Waals surface area contributed by atoms with E-state index in [1.165, 1.54) is 12.1 Å². The third kappa shape index (κ3) is 5.18. The predicted octanol–water partition coefficient (Wildman–Crippen LogP) is 7.54. The molecule has 0 N–H and O–H groups in total. The Morgan fingerprint density at radius 3 is 1.44 bits per heavy atom. The topological polar surface area (TPSA) is 9.23 Å². The molecular weight excluding hydrogens is 478 g/mol. The summed E-state index contributed by atoms with van der Waals surface area (Å²) >= 11 is 6.54. The van der Waals surface area contributed by atoms with Crippen LogP contribution in [0.15, 0.2) is 45.3 Å². The molecule has 2 atom stereocenters. The second-order valence-electron chi connectivity index (χ2n) is 7.58. The minimum atomic E-state index is -0.265. The zero-order valence-corrected chi connectivity index (χ0v) is 19.4. The van der Waals surface area contributed by atoms with Crippen LogP contribution in [0, 0.1) is 11.6 Å². The van der Waals surface area contributed by atoms with Gasteiger partial charge < -0.3 is 4.74 Å². The van der Waals surface area contributed by atoms with E-state index in [2.05, 4.69) is 59.6 Å². The first-order valence-corrected chi connectivity index (χ1v) is 10.7. The molecule has 0 amide bonds. The van der Waals surface area contributed by atoms with Crippen molar-refractivity contribution < 1.29 is 13.5 Å². The fraction of sp³-hybridized carbons (Fsp3) is 0.455. The molecule has 0 aliphatic heterocycles. The SMILES string of the molecule is CCC(C)(COCC(C)(CC)c1ccc(F)c(Br)c1)c1ccc(F)c(Br)c1. The average Bonchev–Trinajstić information content (AvgIpc) is 2.65. The molecule has 0 aliphatic rings. The zero-order valence-electron chi connectivity index (χ0n) is 16.2. The quantitative estimate of drug-likeness (QED) is 0.361. The molecule has 0 fully saturated rings. The lowest BCUT2D eigenvalue weighted by Gasteiger charge is -2.33. The number of hydrogen-bond donors (Lipinski definition) is 0. The summed E-state index contributed by atoms with van der Waals surface area (Å²) in [5.74, 6) is -0.530. The standard InChI is InChI=1S/C22H26Br2F2O/c1-5-21(3,15-7-9-19(25)17(23)11-15)13-27-14-22(4,6-2)16-8-10-20(26)18(24)12-16/h7-12H,5-6,13-14H2,1-4H3. The molecule has 1 nitrogen and oxygen atoms in total. The molecule has 2 aromatic carbocycles. The largest absolute Gasteiger partial charge is 0.380 e. The van der Waals surface area contributed by atoms with Gasteiger partial charge in [0.2, 0.25) is 0 Å². The summed E-state index contributed by atoms with van der Waals surface area (Å²) in [5, 5.41) is 0. The lowest BCUT2D eigenvalue weighted by atomic mass is 9.79. The molecule has 0 saturated carbocycles. The van der Waals surface area contributed by atoms with Crippen LogP contribution < -0.4 is 0 Å². The zero-order chi connectivity index (χ0) is 20.2. The Morgan fingerprint density at radius 2 is 1.15 bits per heavy atom. The number of hydrogen-bond acceptors (Lipinski definition) is 1. The van der Waals surface area contributed by atoms with E-state index in [0.29, 0.717) is 22.2 Å². The summed E-state index contributed by atoms with van der Waals surface area (Å²) in [6, 6.07) is 10.3. The van der Waals surface area contributed by atoms with E-state index in [1.807, 2.05) is 24.3 Å². The first kappa shape index (κ1) is 22.5. The molecule has 0 radical (unpaired) electrons. The van der Waals surface area contributed by atoms with Gasteiger partial charge in [-0.1, -0.05) is 39.8 Å². The minimum Gasteiger partial charge on any atom is -0.380 e. The molecule has 2 unspecified atom stereocenters. The summed E-state index contributed by atoms with van der Waals surface area (Å²) in [6.07, 6.45) is 1.74. The van der Waals surface area contributed by atoms with E-state index >= 15 is 0 Å². The Morgan fingerprint density at radius 1 is 0.778 bits per heavy atom. The third-order valence-corrected chi connectivity index (χ3v) is 6.85. The van der Waals surface area contributed by atoms with Crippen LogP contribution in [0.5, 0.6) is 0 Å². The molecule has 2 rings (SSSR count). The van der Waals surface area contributed by atoms with Gasteiger partial charge in [0, 0.05) is 10.8 Å². The van der Waals surface area contributed by atoms with Crippen LogP contribution in [0.25, 0.3) is 0 Å². The first-order chi connectivity index (χ1) is 12.6. The number of halogens is 4. The Labute approximate surface area is 177 Å². The molecule has 27 heavy (non-hydrogen) atoms. The highest BCUT2D eigenvalue weighted by Crippen LogP contribution is 2.34. The monoisotopic (exact) mass is 502 g/mol. The molecular formula is C22H26Br2F2O. The molecule has 0 spiro atoms. The fourth-order valence-electron chi connectivity index (χ4n) is 3.02. The number of rotatable bonds is 8. The van der Waals surface area contributed by atoms with Crippen molar-refractivity contribution in [3.05, 3.63) is 68.1 Å². The lowest BCUT2D eigenvalue weighted by molar-refractivity contribution is 0.0510. The molecule has 5 heteroatoms. The third-order valence-electron chi connectivity index (χ3n) is 5.63. The number of ether oxygens (including phenoxy) is 1. The van der Waals surface area contributed by atoms with Crippen molar-refractivity contribution in [2.75, 3.05) is 13.2 Å². The first-order valence-electron chi connectivity index (χ1n) is 9.14. The maximum atomic E-state index is 13.6. The highest BCUT2D eigenvalue weighted by atomic mass is 79.9. The Kier molecular flexibility index (Phi) is 7.62. The van der Waals surface area contributed by atoms with Gasteiger partial charge in [-0.3, -0.25) is 0 Å². The van der Waals surface area contributed by atoms with Gasteiger partial charge in [0.1, 0.15) is 11.6 Å². The van der Waals surface area contributed by atoms with Crippen molar-refractivity contribution in [2.45, 2.75) is 51.4 Å². The predicted molar refractivity (Wildman–Crippen MR) is 114 cm³/mol. The van der Waals surface area contributed by atoms with Gasteiger partial charge in [0.15, 0.2) is 0 Å². The normalized spacial score (nSPS) is 16.0. The summed E-state index contributed by atoms with van der Waals surface area (Å²) in [5.41, 5.74) is 1.66. The summed E-state index contributed by atoms with van der Waals surface area (Å²) in [4.78, 5) is 0. The van der Waals surface area contributed by atoms with Gasteiger partial charge in [0.25, 0.3) is 0 Å². The highest BCUT2D eigenvalue weighted by molar-refractivity contribution is 9.10. The van der Waals surface area contributed by atoms with Gasteiger partial charge in [-0.05, 0) is 80.1 Å². The van der Waals surface area contributed by atoms with Crippen molar-refractivity contribution in [3.8, 4) is 0 Å². The van der Waals surface area contributed by atoms with E-state index in [4.69, 9.17) is 4.74 Å². The van der Waals surface area contributed by atoms with E-state index in [-0.39, 0.29) is 22.5 Å². The summed E-state index contributed by atoms with van der Waals surface area (Å²) in [6.45, 7) is 9.53. The Balaban J connectivity index is 2.14. The molecule has 148 valence electrons. The second-order valence-corrected chi connectivity index (χ2v) is 9.29. The molecule has 0 aromatic heterocycles. The lowest BCUT2D eigenvalue weighted by Crippen LogP contribution is -2.33. The van der Waals surface area contributed by atoms with Crippen LogP contribution in [0.2, 0.25) is 0 Å². The van der Waals surface area contributed by atoms with Crippen molar-refractivity contribution in [2.24, 2.45) is 0 Å². The second kappa shape index (κ2) is 9.15. The average molecular weight is 504 g/mol. The van der Waals surface area contributed by atoms with Gasteiger partial charge in [-0.25, -0.2) is 8.78 Å². The van der Waals surface area contributed by atoms with Crippen LogP contribution in [0.3, 0.4) is 0 Å². The molecule has 0 aliphatic carbocycles. The van der Waals surface area contributed by atoms with Crippen LogP contribution in [0.1, 0.15) is 51.7 Å². The van der Waals surface area contributed by atoms with Gasteiger partial charge in [0.05, 0.1) is 22.2 Å². The fourth-order valence-corrected chi connectivity index (χ4v) is 3.78. The molecule has 0 saturated heterocycles. The van der Waals surface area contributed by atoms with Crippen molar-refractivity contribution in [3.63, 3.8) is 0 Å².